The first-order valence-corrected chi connectivity index (χ1v) is 11.8. The highest BCUT2D eigenvalue weighted by molar-refractivity contribution is 5.91. The fourth-order valence-corrected chi connectivity index (χ4v) is 4.69. The number of para-hydroxylation sites is 2. The molecule has 0 aliphatic carbocycles. The summed E-state index contributed by atoms with van der Waals surface area (Å²) in [6.07, 6.45) is 2.29. The molecule has 2 aromatic rings. The monoisotopic (exact) mass is 455 g/mol. The highest BCUT2D eigenvalue weighted by atomic mass is 16.2. The van der Waals surface area contributed by atoms with E-state index in [0.717, 1.165) is 23.9 Å². The van der Waals surface area contributed by atoms with Crippen LogP contribution in [0.3, 0.4) is 0 Å². The largest absolute Gasteiger partial charge is 0.369 e. The molecule has 33 heavy (non-hydrogen) atoms. The van der Waals surface area contributed by atoms with Crippen molar-refractivity contribution >= 4 is 28.8 Å². The molecule has 3 amide bonds. The van der Waals surface area contributed by atoms with E-state index in [2.05, 4.69) is 15.3 Å². The van der Waals surface area contributed by atoms with Crippen LogP contribution in [-0.2, 0) is 14.4 Å². The number of benzene rings is 1. The first-order valence-electron chi connectivity index (χ1n) is 11.8. The molecule has 4 N–H and O–H groups in total. The van der Waals surface area contributed by atoms with Crippen molar-refractivity contribution in [3.8, 4) is 0 Å². The molecule has 8 nitrogen and oxygen atoms in total. The second-order valence-corrected chi connectivity index (χ2v) is 10.5. The van der Waals surface area contributed by atoms with Crippen molar-refractivity contribution in [2.75, 3.05) is 6.54 Å². The number of nitrogens with two attached hydrogens (primary N) is 1. The number of amides is 3. The van der Waals surface area contributed by atoms with Crippen LogP contribution in [0.4, 0.5) is 0 Å². The average Bonchev–Trinajstić information content (AvgIpc) is 3.35. The topological polar surface area (TPSA) is 121 Å². The highest BCUT2D eigenvalue weighted by Crippen LogP contribution is 2.32. The number of carbonyl (C=O) groups is 3. The number of aromatic nitrogens is 2. The number of primary amides is 1. The van der Waals surface area contributed by atoms with Gasteiger partial charge in [0.1, 0.15) is 5.82 Å². The van der Waals surface area contributed by atoms with Crippen molar-refractivity contribution in [1.82, 2.24) is 20.2 Å². The maximum atomic E-state index is 13.5. The average molecular weight is 456 g/mol. The van der Waals surface area contributed by atoms with Crippen LogP contribution in [0.1, 0.15) is 72.2 Å². The number of H-pyrrole nitrogens is 1. The molecule has 3 rings (SSSR count). The van der Waals surface area contributed by atoms with Gasteiger partial charge < -0.3 is 20.9 Å². The number of fused-ring (bicyclic) bond motifs is 1. The Morgan fingerprint density at radius 3 is 2.52 bits per heavy atom. The van der Waals surface area contributed by atoms with E-state index in [1.165, 1.54) is 0 Å². The van der Waals surface area contributed by atoms with Crippen LogP contribution in [0.5, 0.6) is 0 Å². The Hall–Kier alpha value is -2.90. The van der Waals surface area contributed by atoms with E-state index < -0.39 is 23.8 Å². The van der Waals surface area contributed by atoms with Gasteiger partial charge in [-0.3, -0.25) is 14.4 Å². The van der Waals surface area contributed by atoms with Gasteiger partial charge in [-0.15, -0.1) is 0 Å². The molecular weight excluding hydrogens is 418 g/mol. The molecule has 1 aromatic carbocycles. The van der Waals surface area contributed by atoms with Crippen LogP contribution in [-0.4, -0.2) is 45.2 Å². The van der Waals surface area contributed by atoms with Gasteiger partial charge in [-0.25, -0.2) is 4.98 Å². The lowest BCUT2D eigenvalue weighted by atomic mass is 9.76. The van der Waals surface area contributed by atoms with E-state index >= 15 is 0 Å². The number of carbonyl (C=O) groups excluding carboxylic acids is 3. The third-order valence-corrected chi connectivity index (χ3v) is 6.46. The van der Waals surface area contributed by atoms with E-state index in [1.54, 1.807) is 0 Å². The predicted molar refractivity (Wildman–Crippen MR) is 128 cm³/mol. The Labute approximate surface area is 195 Å². The summed E-state index contributed by atoms with van der Waals surface area (Å²) in [6, 6.07) is 7.36. The third-order valence-electron chi connectivity index (χ3n) is 6.46. The van der Waals surface area contributed by atoms with Gasteiger partial charge in [-0.1, -0.05) is 32.9 Å². The minimum atomic E-state index is -0.839. The SMILES string of the molecule is C[C@H](NC(=O)[C@@H](CC(=O)N1CCC[C@@H]1C)C(CC(C)(C)C)C(N)=O)c1nc2ccccc2[nH]1. The van der Waals surface area contributed by atoms with Gasteiger partial charge in [-0.2, -0.15) is 0 Å². The number of aromatic amines is 1. The number of hydrogen-bond donors (Lipinski definition) is 3. The molecule has 8 heteroatoms. The van der Waals surface area contributed by atoms with E-state index in [9.17, 15) is 14.4 Å². The number of rotatable bonds is 8. The van der Waals surface area contributed by atoms with Gasteiger partial charge in [-0.05, 0) is 50.7 Å². The van der Waals surface area contributed by atoms with Crippen LogP contribution in [0, 0.1) is 17.3 Å². The lowest BCUT2D eigenvalue weighted by Gasteiger charge is -2.31. The van der Waals surface area contributed by atoms with Crippen LogP contribution in [0.25, 0.3) is 11.0 Å². The van der Waals surface area contributed by atoms with Crippen LogP contribution in [0.15, 0.2) is 24.3 Å². The third kappa shape index (κ3) is 6.12. The number of imidazole rings is 1. The summed E-state index contributed by atoms with van der Waals surface area (Å²) in [7, 11) is 0. The van der Waals surface area contributed by atoms with Crippen molar-refractivity contribution < 1.29 is 14.4 Å². The number of nitrogens with zero attached hydrogens (tertiary/aromatic N) is 2. The fourth-order valence-electron chi connectivity index (χ4n) is 4.69. The maximum Gasteiger partial charge on any atom is 0.225 e. The summed E-state index contributed by atoms with van der Waals surface area (Å²) in [5.41, 5.74) is 7.23. The second-order valence-electron chi connectivity index (χ2n) is 10.5. The minimum absolute atomic E-state index is 0.0350. The minimum Gasteiger partial charge on any atom is -0.369 e. The van der Waals surface area contributed by atoms with Crippen molar-refractivity contribution in [3.05, 3.63) is 30.1 Å². The first kappa shape index (κ1) is 24.7. The zero-order valence-corrected chi connectivity index (χ0v) is 20.4. The lowest BCUT2D eigenvalue weighted by molar-refractivity contribution is -0.141. The Bertz CT molecular complexity index is 976. The van der Waals surface area contributed by atoms with Crippen molar-refractivity contribution in [3.63, 3.8) is 0 Å². The van der Waals surface area contributed by atoms with E-state index in [4.69, 9.17) is 5.73 Å². The Morgan fingerprint density at radius 2 is 1.94 bits per heavy atom. The molecule has 0 spiro atoms. The van der Waals surface area contributed by atoms with Gasteiger partial charge in [0, 0.05) is 19.0 Å². The molecule has 1 aliphatic rings. The summed E-state index contributed by atoms with van der Waals surface area (Å²) in [5.74, 6) is -1.96. The van der Waals surface area contributed by atoms with Crippen molar-refractivity contribution in [2.45, 2.75) is 72.4 Å². The zero-order chi connectivity index (χ0) is 24.3. The summed E-state index contributed by atoms with van der Waals surface area (Å²) < 4.78 is 0. The van der Waals surface area contributed by atoms with E-state index in [0.29, 0.717) is 18.8 Å². The molecule has 1 fully saturated rings. The molecule has 4 atom stereocenters. The lowest BCUT2D eigenvalue weighted by Crippen LogP contribution is -2.45. The standard InChI is InChI=1S/C25H37N5O3/c1-15-9-8-12-30(15)21(31)13-17(18(22(26)32)14-25(3,4)5)24(33)27-16(2)23-28-19-10-6-7-11-20(19)29-23/h6-7,10-11,15-18H,8-9,12-14H2,1-5H3,(H2,26,32)(H,27,33)(H,28,29)/t15-,16-,17-,18?/m0/s1. The molecule has 1 unspecified atom stereocenters. The van der Waals surface area contributed by atoms with Crippen LogP contribution >= 0.6 is 0 Å². The molecule has 2 heterocycles. The molecule has 1 aliphatic heterocycles. The van der Waals surface area contributed by atoms with Crippen molar-refractivity contribution in [2.24, 2.45) is 23.0 Å². The Kier molecular flexibility index (Phi) is 7.44. The summed E-state index contributed by atoms with van der Waals surface area (Å²) in [5, 5.41) is 2.97. The van der Waals surface area contributed by atoms with E-state index in [-0.39, 0.29) is 29.7 Å². The number of likely N-dealkylation sites (tertiary alicyclic amines) is 1. The molecule has 0 bridgehead atoms. The Balaban J connectivity index is 1.83. The quantitative estimate of drug-likeness (QED) is 0.565. The molecular formula is C25H37N5O3. The zero-order valence-electron chi connectivity index (χ0n) is 20.4. The van der Waals surface area contributed by atoms with Gasteiger partial charge in [0.2, 0.25) is 17.7 Å². The molecule has 1 aromatic heterocycles. The summed E-state index contributed by atoms with van der Waals surface area (Å²) in [4.78, 5) is 48.7. The van der Waals surface area contributed by atoms with Crippen LogP contribution in [0.2, 0.25) is 0 Å². The first-order chi connectivity index (χ1) is 15.5. The van der Waals surface area contributed by atoms with E-state index in [1.807, 2.05) is 63.8 Å². The second kappa shape index (κ2) is 9.93. The van der Waals surface area contributed by atoms with Gasteiger partial charge in [0.05, 0.1) is 28.9 Å². The number of nitrogens with one attached hydrogen (secondary N) is 2. The van der Waals surface area contributed by atoms with Gasteiger partial charge in [0.15, 0.2) is 0 Å². The van der Waals surface area contributed by atoms with Gasteiger partial charge in [0.25, 0.3) is 0 Å². The summed E-state index contributed by atoms with van der Waals surface area (Å²) >= 11 is 0. The van der Waals surface area contributed by atoms with Crippen LogP contribution < -0.4 is 11.1 Å². The van der Waals surface area contributed by atoms with Gasteiger partial charge >= 0.3 is 0 Å². The molecule has 0 saturated carbocycles. The highest BCUT2D eigenvalue weighted by Gasteiger charge is 2.39. The summed E-state index contributed by atoms with van der Waals surface area (Å²) in [6.45, 7) is 10.5. The molecule has 180 valence electrons. The maximum absolute atomic E-state index is 13.5. The normalized spacial score (nSPS) is 19.3. The Morgan fingerprint density at radius 1 is 1.24 bits per heavy atom. The smallest absolute Gasteiger partial charge is 0.225 e. The predicted octanol–water partition coefficient (Wildman–Crippen LogP) is 3.29. The molecule has 0 radical (unpaired) electrons. The molecule has 1 saturated heterocycles. The number of hydrogen-bond acceptors (Lipinski definition) is 4. The fraction of sp³-hybridized carbons (Fsp3) is 0.600. The van der Waals surface area contributed by atoms with Crippen molar-refractivity contribution in [1.29, 1.82) is 0 Å².